The molecule has 16 heavy (non-hydrogen) atoms. The van der Waals surface area contributed by atoms with Crippen molar-refractivity contribution in [3.63, 3.8) is 0 Å². The normalized spacial score (nSPS) is 36.2. The van der Waals surface area contributed by atoms with Crippen LogP contribution in [0, 0.1) is 11.3 Å². The lowest BCUT2D eigenvalue weighted by Crippen LogP contribution is -2.41. The lowest BCUT2D eigenvalue weighted by Gasteiger charge is -2.28. The Labute approximate surface area is 96.3 Å². The van der Waals surface area contributed by atoms with E-state index < -0.39 is 5.97 Å². The molecule has 1 saturated carbocycles. The summed E-state index contributed by atoms with van der Waals surface area (Å²) in [5, 5.41) is 18.7. The number of aliphatic hydroxyl groups is 1. The van der Waals surface area contributed by atoms with Gasteiger partial charge in [-0.3, -0.25) is 9.69 Å². The summed E-state index contributed by atoms with van der Waals surface area (Å²) in [5.41, 5.74) is 0.00285. The number of likely N-dealkylation sites (tertiary alicyclic amines) is 1. The van der Waals surface area contributed by atoms with Gasteiger partial charge in [0.25, 0.3) is 0 Å². The van der Waals surface area contributed by atoms with Crippen LogP contribution in [0.4, 0.5) is 0 Å². The molecule has 0 aromatic carbocycles. The first-order chi connectivity index (χ1) is 7.63. The Morgan fingerprint density at radius 1 is 1.62 bits per heavy atom. The Bertz CT molecular complexity index is 281. The average molecular weight is 227 g/mol. The van der Waals surface area contributed by atoms with Gasteiger partial charge in [-0.15, -0.1) is 0 Å². The molecule has 4 heteroatoms. The molecule has 2 N–H and O–H groups in total. The van der Waals surface area contributed by atoms with E-state index in [1.807, 2.05) is 6.92 Å². The van der Waals surface area contributed by atoms with E-state index in [2.05, 4.69) is 4.90 Å². The minimum absolute atomic E-state index is 0.00285. The van der Waals surface area contributed by atoms with Crippen LogP contribution in [0.3, 0.4) is 0 Å². The molecular weight excluding hydrogens is 206 g/mol. The lowest BCUT2D eigenvalue weighted by atomic mass is 9.82. The number of nitrogens with zero attached hydrogens (tertiary/aromatic N) is 1. The number of aliphatic hydroxyl groups excluding tert-OH is 1. The number of carboxylic acids is 1. The minimum Gasteiger partial charge on any atom is -0.480 e. The van der Waals surface area contributed by atoms with Gasteiger partial charge in [0.15, 0.2) is 0 Å². The molecular formula is C12H21NO3. The Kier molecular flexibility index (Phi) is 3.22. The van der Waals surface area contributed by atoms with Crippen molar-refractivity contribution in [1.82, 2.24) is 4.90 Å². The van der Waals surface area contributed by atoms with Crippen molar-refractivity contribution in [3.05, 3.63) is 0 Å². The second-order valence-corrected chi connectivity index (χ2v) is 5.30. The molecule has 3 atom stereocenters. The maximum absolute atomic E-state index is 11.1. The molecule has 0 aromatic heterocycles. The molecule has 2 fully saturated rings. The van der Waals surface area contributed by atoms with Crippen LogP contribution in [-0.2, 0) is 4.79 Å². The fourth-order valence-electron chi connectivity index (χ4n) is 3.54. The predicted molar refractivity (Wildman–Crippen MR) is 60.1 cm³/mol. The zero-order valence-electron chi connectivity index (χ0n) is 9.85. The van der Waals surface area contributed by atoms with Crippen molar-refractivity contribution in [2.75, 3.05) is 19.7 Å². The first-order valence-electron chi connectivity index (χ1n) is 6.20. The topological polar surface area (TPSA) is 60.8 Å². The first-order valence-corrected chi connectivity index (χ1v) is 6.20. The largest absolute Gasteiger partial charge is 0.480 e. The maximum atomic E-state index is 11.1. The minimum atomic E-state index is -0.726. The third-order valence-corrected chi connectivity index (χ3v) is 4.49. The molecule has 0 bridgehead atoms. The molecule has 1 heterocycles. The third-order valence-electron chi connectivity index (χ3n) is 4.49. The van der Waals surface area contributed by atoms with Crippen molar-refractivity contribution in [3.8, 4) is 0 Å². The molecule has 1 aliphatic heterocycles. The highest BCUT2D eigenvalue weighted by molar-refractivity contribution is 5.73. The van der Waals surface area contributed by atoms with E-state index in [1.54, 1.807) is 0 Å². The van der Waals surface area contributed by atoms with Crippen molar-refractivity contribution >= 4 is 5.97 Å². The zero-order valence-corrected chi connectivity index (χ0v) is 9.85. The zero-order chi connectivity index (χ0) is 11.8. The van der Waals surface area contributed by atoms with Gasteiger partial charge in [0.05, 0.1) is 6.61 Å². The van der Waals surface area contributed by atoms with Crippen molar-refractivity contribution in [2.24, 2.45) is 11.3 Å². The van der Waals surface area contributed by atoms with Crippen LogP contribution < -0.4 is 0 Å². The quantitative estimate of drug-likeness (QED) is 0.750. The number of carboxylic acid groups (broad SMARTS) is 1. The van der Waals surface area contributed by atoms with Crippen LogP contribution in [0.15, 0.2) is 0 Å². The summed E-state index contributed by atoms with van der Waals surface area (Å²) in [6.07, 6.45) is 4.03. The molecule has 1 saturated heterocycles. The molecule has 2 rings (SSSR count). The standard InChI is InChI=1S/C12H21NO3/c1-2-10(11(15)16)13-6-9-4-3-5-12(9,7-13)8-14/h9-10,14H,2-8H2,1H3,(H,15,16)/t9-,10-,12+/m1/s1. The van der Waals surface area contributed by atoms with Crippen LogP contribution in [0.25, 0.3) is 0 Å². The van der Waals surface area contributed by atoms with E-state index in [4.69, 9.17) is 5.11 Å². The molecule has 2 aliphatic rings. The molecule has 1 aliphatic carbocycles. The van der Waals surface area contributed by atoms with Gasteiger partial charge in [-0.25, -0.2) is 0 Å². The van der Waals surface area contributed by atoms with Gasteiger partial charge in [-0.1, -0.05) is 13.3 Å². The molecule has 0 radical (unpaired) electrons. The Balaban J connectivity index is 2.09. The molecule has 0 amide bonds. The number of aliphatic carboxylic acids is 1. The fourth-order valence-corrected chi connectivity index (χ4v) is 3.54. The lowest BCUT2D eigenvalue weighted by molar-refractivity contribution is -0.143. The van der Waals surface area contributed by atoms with Crippen LogP contribution >= 0.6 is 0 Å². The van der Waals surface area contributed by atoms with E-state index in [0.717, 1.165) is 25.9 Å². The SMILES string of the molecule is CC[C@H](C(=O)O)N1C[C@H]2CCC[C@@]2(CO)C1. The summed E-state index contributed by atoms with van der Waals surface area (Å²) in [5.74, 6) is -0.221. The molecule has 0 unspecified atom stereocenters. The van der Waals surface area contributed by atoms with Crippen LogP contribution in [-0.4, -0.2) is 46.8 Å². The predicted octanol–water partition coefficient (Wildman–Crippen LogP) is 0.944. The Morgan fingerprint density at radius 3 is 2.88 bits per heavy atom. The number of hydrogen-bond acceptors (Lipinski definition) is 3. The number of rotatable bonds is 4. The highest BCUT2D eigenvalue weighted by atomic mass is 16.4. The van der Waals surface area contributed by atoms with Gasteiger partial charge in [0.1, 0.15) is 6.04 Å². The third kappa shape index (κ3) is 1.74. The molecule has 4 nitrogen and oxygen atoms in total. The van der Waals surface area contributed by atoms with E-state index in [-0.39, 0.29) is 18.1 Å². The average Bonchev–Trinajstić information content (AvgIpc) is 2.74. The summed E-state index contributed by atoms with van der Waals surface area (Å²) in [4.78, 5) is 13.2. The van der Waals surface area contributed by atoms with Crippen LogP contribution in [0.5, 0.6) is 0 Å². The number of fused-ring (bicyclic) bond motifs is 1. The summed E-state index contributed by atoms with van der Waals surface area (Å²) in [6, 6.07) is -0.367. The van der Waals surface area contributed by atoms with Gasteiger partial charge in [0.2, 0.25) is 0 Å². The molecule has 0 aromatic rings. The Hall–Kier alpha value is -0.610. The number of hydrogen-bond donors (Lipinski definition) is 2. The van der Waals surface area contributed by atoms with Crippen molar-refractivity contribution in [1.29, 1.82) is 0 Å². The Morgan fingerprint density at radius 2 is 2.38 bits per heavy atom. The summed E-state index contributed by atoms with van der Waals surface area (Å²) in [7, 11) is 0. The van der Waals surface area contributed by atoms with E-state index in [0.29, 0.717) is 12.3 Å². The highest BCUT2D eigenvalue weighted by Crippen LogP contribution is 2.48. The smallest absolute Gasteiger partial charge is 0.320 e. The number of carbonyl (C=O) groups is 1. The van der Waals surface area contributed by atoms with Gasteiger partial charge in [-0.05, 0) is 25.2 Å². The van der Waals surface area contributed by atoms with Gasteiger partial charge < -0.3 is 10.2 Å². The van der Waals surface area contributed by atoms with E-state index in [1.165, 1.54) is 6.42 Å². The molecule has 92 valence electrons. The first kappa shape index (κ1) is 11.9. The van der Waals surface area contributed by atoms with Crippen molar-refractivity contribution in [2.45, 2.75) is 38.6 Å². The summed E-state index contributed by atoms with van der Waals surface area (Å²) >= 11 is 0. The van der Waals surface area contributed by atoms with E-state index >= 15 is 0 Å². The summed E-state index contributed by atoms with van der Waals surface area (Å²) in [6.45, 7) is 3.74. The monoisotopic (exact) mass is 227 g/mol. The maximum Gasteiger partial charge on any atom is 0.320 e. The van der Waals surface area contributed by atoms with E-state index in [9.17, 15) is 9.90 Å². The van der Waals surface area contributed by atoms with Gasteiger partial charge in [0, 0.05) is 18.5 Å². The summed E-state index contributed by atoms with van der Waals surface area (Å²) < 4.78 is 0. The fraction of sp³-hybridized carbons (Fsp3) is 0.917. The van der Waals surface area contributed by atoms with Crippen molar-refractivity contribution < 1.29 is 15.0 Å². The second kappa shape index (κ2) is 4.34. The highest BCUT2D eigenvalue weighted by Gasteiger charge is 2.50. The van der Waals surface area contributed by atoms with Crippen LogP contribution in [0.2, 0.25) is 0 Å². The molecule has 0 spiro atoms. The van der Waals surface area contributed by atoms with Gasteiger partial charge >= 0.3 is 5.97 Å². The second-order valence-electron chi connectivity index (χ2n) is 5.30. The van der Waals surface area contributed by atoms with Gasteiger partial charge in [-0.2, -0.15) is 0 Å². The van der Waals surface area contributed by atoms with Crippen LogP contribution in [0.1, 0.15) is 32.6 Å².